The first kappa shape index (κ1) is 13.8. The van der Waals surface area contributed by atoms with Gasteiger partial charge in [-0.3, -0.25) is 4.99 Å². The molecule has 0 saturated carbocycles. The zero-order chi connectivity index (χ0) is 15.6. The Balaban J connectivity index is 1.85. The van der Waals surface area contributed by atoms with Gasteiger partial charge in [-0.1, -0.05) is 30.3 Å². The number of aryl methyl sites for hydroxylation is 2. The lowest BCUT2D eigenvalue weighted by Gasteiger charge is -2.23. The van der Waals surface area contributed by atoms with E-state index in [1.54, 1.807) is 0 Å². The van der Waals surface area contributed by atoms with Crippen LogP contribution in [0.5, 0.6) is 0 Å². The fourth-order valence-electron chi connectivity index (χ4n) is 3.43. The Morgan fingerprint density at radius 1 is 1.09 bits per heavy atom. The molecule has 0 radical (unpaired) electrons. The van der Waals surface area contributed by atoms with Gasteiger partial charge >= 0.3 is 0 Å². The zero-order valence-corrected chi connectivity index (χ0v) is 12.8. The molecule has 1 atom stereocenters. The van der Waals surface area contributed by atoms with Gasteiger partial charge in [0.25, 0.3) is 0 Å². The van der Waals surface area contributed by atoms with Crippen LogP contribution in [0.2, 0.25) is 0 Å². The fourth-order valence-corrected chi connectivity index (χ4v) is 3.43. The van der Waals surface area contributed by atoms with E-state index in [0.717, 1.165) is 31.9 Å². The molecule has 2 aromatic carbocycles. The molecule has 23 heavy (non-hydrogen) atoms. The Kier molecular flexibility index (Phi) is 3.47. The third-order valence-electron chi connectivity index (χ3n) is 4.57. The van der Waals surface area contributed by atoms with Gasteiger partial charge in [-0.05, 0) is 47.2 Å². The average molecular weight is 302 g/mol. The van der Waals surface area contributed by atoms with Gasteiger partial charge in [-0.25, -0.2) is 0 Å². The van der Waals surface area contributed by atoms with Gasteiger partial charge in [0.1, 0.15) is 0 Å². The van der Waals surface area contributed by atoms with Crippen LogP contribution in [0.1, 0.15) is 33.9 Å². The molecule has 0 saturated heterocycles. The van der Waals surface area contributed by atoms with Gasteiger partial charge in [0, 0.05) is 6.54 Å². The molecule has 2 N–H and O–H groups in total. The quantitative estimate of drug-likeness (QED) is 0.850. The van der Waals surface area contributed by atoms with Crippen molar-refractivity contribution in [3.8, 4) is 6.07 Å². The maximum Gasteiger partial charge on any atom is 0.192 e. The minimum absolute atomic E-state index is 0.0290. The van der Waals surface area contributed by atoms with E-state index in [4.69, 9.17) is 0 Å². The second-order valence-corrected chi connectivity index (χ2v) is 5.96. The van der Waals surface area contributed by atoms with E-state index >= 15 is 0 Å². The van der Waals surface area contributed by atoms with Crippen molar-refractivity contribution in [3.63, 3.8) is 0 Å². The van der Waals surface area contributed by atoms with Crippen LogP contribution >= 0.6 is 0 Å². The van der Waals surface area contributed by atoms with Gasteiger partial charge in [0.2, 0.25) is 0 Å². The molecule has 114 valence electrons. The third kappa shape index (κ3) is 2.55. The summed E-state index contributed by atoms with van der Waals surface area (Å²) in [5.41, 5.74) is 5.83. The summed E-state index contributed by atoms with van der Waals surface area (Å²) in [7, 11) is 0. The van der Waals surface area contributed by atoms with Crippen LogP contribution in [0.4, 0.5) is 0 Å². The van der Waals surface area contributed by atoms with Crippen LogP contribution in [0.3, 0.4) is 0 Å². The molecule has 0 fully saturated rings. The van der Waals surface area contributed by atoms with Crippen molar-refractivity contribution >= 4 is 5.96 Å². The van der Waals surface area contributed by atoms with E-state index in [2.05, 4.69) is 52.0 Å². The molecule has 1 unspecified atom stereocenters. The standard InChI is InChI=1S/C19H18N4/c20-12-13-5-6-15-8-7-14-3-1-2-4-16(14)18(17(15)11-13)23-19-21-9-10-22-19/h1-6,11,18H,7-10H2,(H2,21,22,23). The van der Waals surface area contributed by atoms with E-state index < -0.39 is 0 Å². The Bertz CT molecular complexity index is 816. The second-order valence-electron chi connectivity index (χ2n) is 5.96. The number of hydrogen-bond donors (Lipinski definition) is 2. The van der Waals surface area contributed by atoms with E-state index in [1.807, 2.05) is 12.1 Å². The molecule has 0 spiro atoms. The maximum atomic E-state index is 9.27. The lowest BCUT2D eigenvalue weighted by atomic mass is 9.93. The van der Waals surface area contributed by atoms with Crippen molar-refractivity contribution in [3.05, 3.63) is 70.3 Å². The van der Waals surface area contributed by atoms with Gasteiger partial charge < -0.3 is 10.6 Å². The van der Waals surface area contributed by atoms with Gasteiger partial charge in [-0.2, -0.15) is 5.26 Å². The van der Waals surface area contributed by atoms with Crippen molar-refractivity contribution in [2.75, 3.05) is 13.1 Å². The number of nitrogens with one attached hydrogen (secondary N) is 2. The Morgan fingerprint density at radius 2 is 1.91 bits per heavy atom. The molecule has 2 aromatic rings. The molecular weight excluding hydrogens is 284 g/mol. The van der Waals surface area contributed by atoms with Crippen LogP contribution in [-0.2, 0) is 12.8 Å². The molecule has 0 amide bonds. The van der Waals surface area contributed by atoms with Gasteiger partial charge in [0.05, 0.1) is 24.2 Å². The average Bonchev–Trinajstić information content (AvgIpc) is 3.06. The highest BCUT2D eigenvalue weighted by Gasteiger charge is 2.25. The molecule has 4 heteroatoms. The van der Waals surface area contributed by atoms with E-state index in [9.17, 15) is 5.26 Å². The van der Waals surface area contributed by atoms with Crippen molar-refractivity contribution in [2.45, 2.75) is 18.9 Å². The first-order valence-corrected chi connectivity index (χ1v) is 8.01. The predicted octanol–water partition coefficient (Wildman–Crippen LogP) is 2.30. The summed E-state index contributed by atoms with van der Waals surface area (Å²) in [5.74, 6) is 0.847. The lowest BCUT2D eigenvalue weighted by molar-refractivity contribution is 0.739. The monoisotopic (exact) mass is 302 g/mol. The minimum atomic E-state index is 0.0290. The molecule has 1 aliphatic carbocycles. The summed E-state index contributed by atoms with van der Waals surface area (Å²) in [4.78, 5) is 4.48. The van der Waals surface area contributed by atoms with Crippen molar-refractivity contribution in [1.82, 2.24) is 10.6 Å². The van der Waals surface area contributed by atoms with Crippen molar-refractivity contribution in [2.24, 2.45) is 4.99 Å². The molecule has 1 heterocycles. The number of fused-ring (bicyclic) bond motifs is 2. The summed E-state index contributed by atoms with van der Waals surface area (Å²) < 4.78 is 0. The summed E-state index contributed by atoms with van der Waals surface area (Å²) in [5, 5.41) is 16.1. The largest absolute Gasteiger partial charge is 0.355 e. The van der Waals surface area contributed by atoms with E-state index in [-0.39, 0.29) is 6.04 Å². The SMILES string of the molecule is N#Cc1ccc2c(c1)C(NC1=NCCN1)c1ccccc1CC2. The number of benzene rings is 2. The third-order valence-corrected chi connectivity index (χ3v) is 4.57. The summed E-state index contributed by atoms with van der Waals surface area (Å²) in [6.07, 6.45) is 2.02. The van der Waals surface area contributed by atoms with Crippen LogP contribution < -0.4 is 10.6 Å². The van der Waals surface area contributed by atoms with Gasteiger partial charge in [-0.15, -0.1) is 0 Å². The molecule has 0 bridgehead atoms. The zero-order valence-electron chi connectivity index (χ0n) is 12.8. The predicted molar refractivity (Wildman–Crippen MR) is 90.3 cm³/mol. The second kappa shape index (κ2) is 5.77. The summed E-state index contributed by atoms with van der Waals surface area (Å²) >= 11 is 0. The molecule has 4 rings (SSSR count). The number of rotatable bonds is 1. The molecule has 2 aliphatic rings. The normalized spacial score (nSPS) is 18.7. The molecule has 4 nitrogen and oxygen atoms in total. The Morgan fingerprint density at radius 3 is 2.70 bits per heavy atom. The fraction of sp³-hybridized carbons (Fsp3) is 0.263. The highest BCUT2D eigenvalue weighted by atomic mass is 15.2. The lowest BCUT2D eigenvalue weighted by Crippen LogP contribution is -2.37. The van der Waals surface area contributed by atoms with Crippen molar-refractivity contribution < 1.29 is 0 Å². The van der Waals surface area contributed by atoms with E-state index in [0.29, 0.717) is 5.56 Å². The molecular formula is C19H18N4. The van der Waals surface area contributed by atoms with Crippen LogP contribution in [0, 0.1) is 11.3 Å². The smallest absolute Gasteiger partial charge is 0.192 e. The molecule has 0 aromatic heterocycles. The number of nitrogens with zero attached hydrogens (tertiary/aromatic N) is 2. The Labute approximate surface area is 135 Å². The topological polar surface area (TPSA) is 60.2 Å². The Hall–Kier alpha value is -2.80. The van der Waals surface area contributed by atoms with Crippen LogP contribution in [0.15, 0.2) is 47.5 Å². The number of aliphatic imine (C=N–C) groups is 1. The summed E-state index contributed by atoms with van der Waals surface area (Å²) in [6.45, 7) is 1.68. The number of guanidine groups is 1. The van der Waals surface area contributed by atoms with Gasteiger partial charge in [0.15, 0.2) is 5.96 Å². The first-order valence-electron chi connectivity index (χ1n) is 8.01. The van der Waals surface area contributed by atoms with Crippen molar-refractivity contribution in [1.29, 1.82) is 5.26 Å². The van der Waals surface area contributed by atoms with E-state index in [1.165, 1.54) is 22.3 Å². The summed E-state index contributed by atoms with van der Waals surface area (Å²) in [6, 6.07) is 16.9. The number of nitriles is 1. The van der Waals surface area contributed by atoms with Crippen LogP contribution in [-0.4, -0.2) is 19.0 Å². The minimum Gasteiger partial charge on any atom is -0.355 e. The first-order chi connectivity index (χ1) is 11.3. The highest BCUT2D eigenvalue weighted by molar-refractivity contribution is 5.82. The van der Waals surface area contributed by atoms with Crippen LogP contribution in [0.25, 0.3) is 0 Å². The molecule has 1 aliphatic heterocycles. The maximum absolute atomic E-state index is 9.27. The highest BCUT2D eigenvalue weighted by Crippen LogP contribution is 2.33. The number of hydrogen-bond acceptors (Lipinski definition) is 4.